The number of nitrogens with zero attached hydrogens (tertiary/aromatic N) is 1. The third kappa shape index (κ3) is 2.06. The summed E-state index contributed by atoms with van der Waals surface area (Å²) < 4.78 is 5.53. The van der Waals surface area contributed by atoms with Crippen LogP contribution in [0.2, 0.25) is 0 Å². The predicted molar refractivity (Wildman–Crippen MR) is 70.3 cm³/mol. The summed E-state index contributed by atoms with van der Waals surface area (Å²) in [5, 5.41) is 5.44. The van der Waals surface area contributed by atoms with Crippen LogP contribution in [0, 0.1) is 0 Å². The van der Waals surface area contributed by atoms with E-state index in [1.807, 2.05) is 17.9 Å². The quantitative estimate of drug-likeness (QED) is 0.886. The van der Waals surface area contributed by atoms with Gasteiger partial charge in [0.25, 0.3) is 0 Å². The van der Waals surface area contributed by atoms with Gasteiger partial charge >= 0.3 is 0 Å². The van der Waals surface area contributed by atoms with Gasteiger partial charge in [-0.1, -0.05) is 6.07 Å². The van der Waals surface area contributed by atoms with Crippen LogP contribution in [0.3, 0.4) is 0 Å². The third-order valence-corrected chi connectivity index (χ3v) is 4.58. The van der Waals surface area contributed by atoms with Gasteiger partial charge in [-0.05, 0) is 31.2 Å². The van der Waals surface area contributed by atoms with Gasteiger partial charge in [0, 0.05) is 11.5 Å². The Labute approximate surface area is 111 Å². The molecule has 0 aromatic carbocycles. The van der Waals surface area contributed by atoms with Crippen molar-refractivity contribution >= 4 is 17.2 Å². The molecule has 2 saturated heterocycles. The molecule has 98 valence electrons. The van der Waals surface area contributed by atoms with E-state index in [4.69, 9.17) is 4.74 Å². The lowest BCUT2D eigenvalue weighted by molar-refractivity contribution is -0.135. The number of carbonyl (C=O) groups is 1. The van der Waals surface area contributed by atoms with E-state index in [0.717, 1.165) is 19.4 Å². The lowest BCUT2D eigenvalue weighted by atomic mass is 10.1. The maximum Gasteiger partial charge on any atom is 0.241 e. The highest BCUT2D eigenvalue weighted by Crippen LogP contribution is 2.32. The molecule has 3 rings (SSSR count). The average Bonchev–Trinajstić information content (AvgIpc) is 3.00. The number of nitrogens with one attached hydrogen (secondary N) is 1. The number of amides is 1. The Hall–Kier alpha value is -0.910. The molecule has 0 bridgehead atoms. The lowest BCUT2D eigenvalue weighted by Gasteiger charge is -2.34. The maximum atomic E-state index is 12.3. The Kier molecular flexibility index (Phi) is 3.37. The standard InChI is InChI=1S/C13H18N2O2S/c1-9-13(16)15(10-4-2-6-17-8-10)12(14-9)11-5-3-7-18-11/h3,5,7,9-10,12,14H,2,4,6,8H2,1H3. The van der Waals surface area contributed by atoms with Crippen molar-refractivity contribution in [3.63, 3.8) is 0 Å². The minimum atomic E-state index is -0.0981. The van der Waals surface area contributed by atoms with Gasteiger partial charge in [-0.2, -0.15) is 0 Å². The summed E-state index contributed by atoms with van der Waals surface area (Å²) in [6.07, 6.45) is 2.11. The SMILES string of the molecule is CC1NC(c2cccs2)N(C2CCCOC2)C1=O. The molecule has 0 spiro atoms. The Balaban J connectivity index is 1.85. The van der Waals surface area contributed by atoms with E-state index in [9.17, 15) is 4.79 Å². The Morgan fingerprint density at radius 3 is 3.11 bits per heavy atom. The van der Waals surface area contributed by atoms with Gasteiger partial charge in [-0.15, -0.1) is 11.3 Å². The lowest BCUT2D eigenvalue weighted by Crippen LogP contribution is -2.44. The number of hydrogen-bond acceptors (Lipinski definition) is 4. The normalized spacial score (nSPS) is 33.1. The van der Waals surface area contributed by atoms with E-state index in [2.05, 4.69) is 16.8 Å². The molecule has 18 heavy (non-hydrogen) atoms. The van der Waals surface area contributed by atoms with E-state index >= 15 is 0 Å². The van der Waals surface area contributed by atoms with Crippen molar-refractivity contribution < 1.29 is 9.53 Å². The summed E-state index contributed by atoms with van der Waals surface area (Å²) in [7, 11) is 0. The van der Waals surface area contributed by atoms with Crippen LogP contribution in [0.4, 0.5) is 0 Å². The first-order valence-electron chi connectivity index (χ1n) is 6.47. The van der Waals surface area contributed by atoms with Crippen molar-refractivity contribution in [2.24, 2.45) is 0 Å². The molecule has 4 nitrogen and oxygen atoms in total. The summed E-state index contributed by atoms with van der Waals surface area (Å²) in [6, 6.07) is 4.24. The van der Waals surface area contributed by atoms with Crippen molar-refractivity contribution in [3.8, 4) is 0 Å². The predicted octanol–water partition coefficient (Wildman–Crippen LogP) is 1.75. The highest BCUT2D eigenvalue weighted by molar-refractivity contribution is 7.10. The van der Waals surface area contributed by atoms with E-state index < -0.39 is 0 Å². The van der Waals surface area contributed by atoms with Gasteiger partial charge < -0.3 is 9.64 Å². The summed E-state index contributed by atoms with van der Waals surface area (Å²) in [6.45, 7) is 3.43. The molecule has 3 atom stereocenters. The maximum absolute atomic E-state index is 12.3. The second-order valence-corrected chi connectivity index (χ2v) is 5.90. The largest absolute Gasteiger partial charge is 0.379 e. The smallest absolute Gasteiger partial charge is 0.241 e. The first kappa shape index (κ1) is 12.1. The summed E-state index contributed by atoms with van der Waals surface area (Å²) in [5.41, 5.74) is 0. The number of hydrogen-bond donors (Lipinski definition) is 1. The fraction of sp³-hybridized carbons (Fsp3) is 0.615. The Bertz CT molecular complexity index is 415. The number of thiophene rings is 1. The van der Waals surface area contributed by atoms with Crippen molar-refractivity contribution in [1.82, 2.24) is 10.2 Å². The van der Waals surface area contributed by atoms with Crippen LogP contribution < -0.4 is 5.32 Å². The highest BCUT2D eigenvalue weighted by atomic mass is 32.1. The van der Waals surface area contributed by atoms with Gasteiger partial charge in [0.05, 0.1) is 18.7 Å². The molecule has 5 heteroatoms. The monoisotopic (exact) mass is 266 g/mol. The molecule has 2 aliphatic rings. The van der Waals surface area contributed by atoms with Crippen molar-refractivity contribution in [2.75, 3.05) is 13.2 Å². The van der Waals surface area contributed by atoms with E-state index in [1.54, 1.807) is 11.3 Å². The number of rotatable bonds is 2. The van der Waals surface area contributed by atoms with Crippen LogP contribution >= 0.6 is 11.3 Å². The summed E-state index contributed by atoms with van der Waals surface area (Å²) in [5.74, 6) is 0.198. The van der Waals surface area contributed by atoms with Crippen LogP contribution in [0.25, 0.3) is 0 Å². The van der Waals surface area contributed by atoms with Crippen molar-refractivity contribution in [1.29, 1.82) is 0 Å². The molecule has 3 heterocycles. The molecule has 1 aromatic rings. The second kappa shape index (κ2) is 4.99. The van der Waals surface area contributed by atoms with Crippen LogP contribution in [0.1, 0.15) is 30.8 Å². The molecule has 1 amide bonds. The van der Waals surface area contributed by atoms with E-state index in [1.165, 1.54) is 4.88 Å². The second-order valence-electron chi connectivity index (χ2n) is 4.92. The van der Waals surface area contributed by atoms with E-state index in [0.29, 0.717) is 6.61 Å². The van der Waals surface area contributed by atoms with Gasteiger partial charge in [-0.25, -0.2) is 0 Å². The highest BCUT2D eigenvalue weighted by Gasteiger charge is 2.41. The van der Waals surface area contributed by atoms with Crippen LogP contribution in [-0.4, -0.2) is 36.1 Å². The van der Waals surface area contributed by atoms with Crippen LogP contribution in [0.5, 0.6) is 0 Å². The number of carbonyl (C=O) groups excluding carboxylic acids is 1. The zero-order chi connectivity index (χ0) is 12.5. The van der Waals surface area contributed by atoms with Crippen LogP contribution in [0.15, 0.2) is 17.5 Å². The fourth-order valence-corrected chi connectivity index (χ4v) is 3.52. The first-order valence-corrected chi connectivity index (χ1v) is 7.34. The van der Waals surface area contributed by atoms with Crippen molar-refractivity contribution in [3.05, 3.63) is 22.4 Å². The molecular weight excluding hydrogens is 248 g/mol. The Morgan fingerprint density at radius 1 is 1.56 bits per heavy atom. The molecule has 0 radical (unpaired) electrons. The minimum absolute atomic E-state index is 0.0270. The van der Waals surface area contributed by atoms with Crippen molar-refractivity contribution in [2.45, 2.75) is 38.0 Å². The van der Waals surface area contributed by atoms with Gasteiger partial charge in [-0.3, -0.25) is 10.1 Å². The van der Waals surface area contributed by atoms with Gasteiger partial charge in [0.1, 0.15) is 6.17 Å². The third-order valence-electron chi connectivity index (χ3n) is 3.65. The topological polar surface area (TPSA) is 41.6 Å². The first-order chi connectivity index (χ1) is 8.77. The average molecular weight is 266 g/mol. The molecule has 3 unspecified atom stereocenters. The molecule has 1 N–H and O–H groups in total. The van der Waals surface area contributed by atoms with Crippen LogP contribution in [-0.2, 0) is 9.53 Å². The molecule has 1 aromatic heterocycles. The van der Waals surface area contributed by atoms with Gasteiger partial charge in [0.2, 0.25) is 5.91 Å². The summed E-state index contributed by atoms with van der Waals surface area (Å²) >= 11 is 1.69. The van der Waals surface area contributed by atoms with E-state index in [-0.39, 0.29) is 24.2 Å². The summed E-state index contributed by atoms with van der Waals surface area (Å²) in [4.78, 5) is 15.5. The fourth-order valence-electron chi connectivity index (χ4n) is 2.74. The Morgan fingerprint density at radius 2 is 2.44 bits per heavy atom. The zero-order valence-electron chi connectivity index (χ0n) is 10.5. The minimum Gasteiger partial charge on any atom is -0.379 e. The molecular formula is C13H18N2O2S. The van der Waals surface area contributed by atoms with Gasteiger partial charge in [0.15, 0.2) is 0 Å². The molecule has 2 fully saturated rings. The molecule has 2 aliphatic heterocycles. The molecule has 0 aliphatic carbocycles. The molecule has 0 saturated carbocycles. The number of ether oxygens (including phenoxy) is 1. The zero-order valence-corrected chi connectivity index (χ0v) is 11.3.